The molecule has 0 unspecified atom stereocenters. The molecule has 1 amide bonds. The SMILES string of the molecule is CN(CCO)c1ccc(N(Cc2ccsc2)C(=O)Cn2nnc3ccccc32)cc1. The van der Waals surface area contributed by atoms with Crippen LogP contribution in [0.15, 0.2) is 65.4 Å². The number of benzene rings is 2. The molecular formula is C22H23N5O2S. The minimum atomic E-state index is -0.0617. The fraction of sp³-hybridized carbons (Fsp3) is 0.227. The summed E-state index contributed by atoms with van der Waals surface area (Å²) < 4.78 is 1.64. The van der Waals surface area contributed by atoms with E-state index in [2.05, 4.69) is 15.7 Å². The maximum Gasteiger partial charge on any atom is 0.249 e. The molecule has 154 valence electrons. The number of thiophene rings is 1. The Hall–Kier alpha value is -3.23. The zero-order valence-electron chi connectivity index (χ0n) is 16.7. The monoisotopic (exact) mass is 421 g/mol. The highest BCUT2D eigenvalue weighted by Gasteiger charge is 2.19. The van der Waals surface area contributed by atoms with Gasteiger partial charge >= 0.3 is 0 Å². The van der Waals surface area contributed by atoms with E-state index in [0.29, 0.717) is 13.1 Å². The van der Waals surface area contributed by atoms with Crippen LogP contribution in [0.1, 0.15) is 5.56 Å². The van der Waals surface area contributed by atoms with Crippen LogP contribution in [0, 0.1) is 0 Å². The average molecular weight is 422 g/mol. The van der Waals surface area contributed by atoms with Crippen LogP contribution in [-0.4, -0.2) is 46.2 Å². The number of aromatic nitrogens is 3. The smallest absolute Gasteiger partial charge is 0.249 e. The maximum atomic E-state index is 13.3. The fourth-order valence-electron chi connectivity index (χ4n) is 3.30. The second kappa shape index (κ2) is 9.06. The quantitative estimate of drug-likeness (QED) is 0.473. The van der Waals surface area contributed by atoms with Crippen molar-refractivity contribution in [2.45, 2.75) is 13.1 Å². The molecule has 2 heterocycles. The van der Waals surface area contributed by atoms with Crippen LogP contribution in [0.5, 0.6) is 0 Å². The van der Waals surface area contributed by atoms with Crippen LogP contribution in [0.25, 0.3) is 11.0 Å². The third-order valence-electron chi connectivity index (χ3n) is 4.96. The van der Waals surface area contributed by atoms with E-state index in [4.69, 9.17) is 5.11 Å². The number of rotatable bonds is 8. The largest absolute Gasteiger partial charge is 0.395 e. The Kier molecular flexibility index (Phi) is 6.06. The van der Waals surface area contributed by atoms with Gasteiger partial charge in [-0.1, -0.05) is 17.3 Å². The summed E-state index contributed by atoms with van der Waals surface area (Å²) in [6.07, 6.45) is 0. The number of amides is 1. The molecule has 0 aliphatic heterocycles. The van der Waals surface area contributed by atoms with E-state index in [0.717, 1.165) is 28.0 Å². The van der Waals surface area contributed by atoms with Gasteiger partial charge < -0.3 is 14.9 Å². The van der Waals surface area contributed by atoms with Gasteiger partial charge in [-0.15, -0.1) is 5.10 Å². The van der Waals surface area contributed by atoms with E-state index in [1.807, 2.05) is 71.9 Å². The lowest BCUT2D eigenvalue weighted by Crippen LogP contribution is -2.33. The molecule has 2 aromatic carbocycles. The van der Waals surface area contributed by atoms with Gasteiger partial charge in [-0.2, -0.15) is 11.3 Å². The third-order valence-corrected chi connectivity index (χ3v) is 5.70. The van der Waals surface area contributed by atoms with Crippen LogP contribution in [0.3, 0.4) is 0 Å². The Balaban J connectivity index is 1.60. The standard InChI is InChI=1S/C22H23N5O2S/c1-25(11-12-28)18-6-8-19(9-7-18)26(14-17-10-13-30-16-17)22(29)15-27-21-5-3-2-4-20(21)23-24-27/h2-10,13,16,28H,11-12,14-15H2,1H3. The third kappa shape index (κ3) is 4.34. The summed E-state index contributed by atoms with van der Waals surface area (Å²) in [5, 5.41) is 21.5. The molecule has 2 aromatic heterocycles. The number of aliphatic hydroxyl groups is 1. The van der Waals surface area contributed by atoms with Crippen LogP contribution in [0.2, 0.25) is 0 Å². The van der Waals surface area contributed by atoms with Gasteiger partial charge in [-0.3, -0.25) is 4.79 Å². The van der Waals surface area contributed by atoms with Gasteiger partial charge in [0.05, 0.1) is 18.7 Å². The Labute approximate surface area is 178 Å². The number of carbonyl (C=O) groups is 1. The molecule has 0 atom stereocenters. The van der Waals surface area contributed by atoms with Gasteiger partial charge in [-0.05, 0) is 58.8 Å². The van der Waals surface area contributed by atoms with E-state index < -0.39 is 0 Å². The highest BCUT2D eigenvalue weighted by molar-refractivity contribution is 7.07. The molecule has 7 nitrogen and oxygen atoms in total. The summed E-state index contributed by atoms with van der Waals surface area (Å²) in [6.45, 7) is 1.24. The lowest BCUT2D eigenvalue weighted by Gasteiger charge is -2.24. The lowest BCUT2D eigenvalue weighted by molar-refractivity contribution is -0.119. The molecule has 4 aromatic rings. The van der Waals surface area contributed by atoms with E-state index in [9.17, 15) is 4.79 Å². The van der Waals surface area contributed by atoms with Crippen LogP contribution in [0.4, 0.5) is 11.4 Å². The Bertz CT molecular complexity index is 1110. The van der Waals surface area contributed by atoms with Crippen molar-refractivity contribution in [1.29, 1.82) is 0 Å². The van der Waals surface area contributed by atoms with E-state index in [1.54, 1.807) is 20.9 Å². The summed E-state index contributed by atoms with van der Waals surface area (Å²) in [6, 6.07) is 17.4. The zero-order chi connectivity index (χ0) is 20.9. The first-order chi connectivity index (χ1) is 14.7. The van der Waals surface area contributed by atoms with E-state index in [-0.39, 0.29) is 19.1 Å². The fourth-order valence-corrected chi connectivity index (χ4v) is 3.96. The number of para-hydroxylation sites is 1. The lowest BCUT2D eigenvalue weighted by atomic mass is 10.2. The summed E-state index contributed by atoms with van der Waals surface area (Å²) >= 11 is 1.61. The summed E-state index contributed by atoms with van der Waals surface area (Å²) in [7, 11) is 1.93. The number of anilines is 2. The van der Waals surface area contributed by atoms with Crippen LogP contribution >= 0.6 is 11.3 Å². The Morgan fingerprint density at radius 1 is 1.10 bits per heavy atom. The summed E-state index contributed by atoms with van der Waals surface area (Å²) in [4.78, 5) is 17.0. The second-order valence-corrected chi connectivity index (χ2v) is 7.79. The molecule has 1 N–H and O–H groups in total. The van der Waals surface area contributed by atoms with Gasteiger partial charge in [0.25, 0.3) is 0 Å². The second-order valence-electron chi connectivity index (χ2n) is 7.01. The molecule has 0 saturated heterocycles. The molecule has 0 spiro atoms. The molecule has 30 heavy (non-hydrogen) atoms. The zero-order valence-corrected chi connectivity index (χ0v) is 17.5. The first-order valence-corrected chi connectivity index (χ1v) is 10.6. The van der Waals surface area contributed by atoms with Crippen LogP contribution < -0.4 is 9.80 Å². The topological polar surface area (TPSA) is 74.5 Å². The average Bonchev–Trinajstić information content (AvgIpc) is 3.42. The normalized spacial score (nSPS) is 11.0. The number of aliphatic hydroxyl groups excluding tert-OH is 1. The van der Waals surface area contributed by atoms with E-state index in [1.165, 1.54) is 0 Å². The predicted octanol–water partition coefficient (Wildman–Crippen LogP) is 3.15. The first-order valence-electron chi connectivity index (χ1n) is 9.67. The molecule has 8 heteroatoms. The van der Waals surface area contributed by atoms with Gasteiger partial charge in [0.1, 0.15) is 12.1 Å². The number of hydrogen-bond acceptors (Lipinski definition) is 6. The van der Waals surface area contributed by atoms with Crippen molar-refractivity contribution in [3.63, 3.8) is 0 Å². The van der Waals surface area contributed by atoms with Crippen molar-refractivity contribution >= 4 is 39.7 Å². The molecule has 0 fully saturated rings. The molecular weight excluding hydrogens is 398 g/mol. The van der Waals surface area contributed by atoms with Gasteiger partial charge in [-0.25, -0.2) is 4.68 Å². The summed E-state index contributed by atoms with van der Waals surface area (Å²) in [5.74, 6) is -0.0617. The summed E-state index contributed by atoms with van der Waals surface area (Å²) in [5.41, 5.74) is 4.49. The Morgan fingerprint density at radius 3 is 2.60 bits per heavy atom. The van der Waals surface area contributed by atoms with Gasteiger partial charge in [0.2, 0.25) is 5.91 Å². The van der Waals surface area contributed by atoms with Crippen molar-refractivity contribution in [2.24, 2.45) is 0 Å². The number of fused-ring (bicyclic) bond motifs is 1. The van der Waals surface area contributed by atoms with Gasteiger partial charge in [0, 0.05) is 25.0 Å². The number of hydrogen-bond donors (Lipinski definition) is 1. The van der Waals surface area contributed by atoms with Crippen molar-refractivity contribution in [2.75, 3.05) is 30.0 Å². The molecule has 0 bridgehead atoms. The minimum absolute atomic E-state index is 0.0617. The van der Waals surface area contributed by atoms with Crippen molar-refractivity contribution in [1.82, 2.24) is 15.0 Å². The highest BCUT2D eigenvalue weighted by atomic mass is 32.1. The molecule has 4 rings (SSSR count). The van der Waals surface area contributed by atoms with E-state index >= 15 is 0 Å². The van der Waals surface area contributed by atoms with Gasteiger partial charge in [0.15, 0.2) is 0 Å². The predicted molar refractivity (Wildman–Crippen MR) is 120 cm³/mol. The molecule has 0 aliphatic rings. The first kappa shape index (κ1) is 20.1. The highest BCUT2D eigenvalue weighted by Crippen LogP contribution is 2.23. The molecule has 0 aliphatic carbocycles. The number of nitrogens with zero attached hydrogens (tertiary/aromatic N) is 5. The number of carbonyl (C=O) groups excluding carboxylic acids is 1. The van der Waals surface area contributed by atoms with Crippen molar-refractivity contribution in [3.05, 3.63) is 70.9 Å². The van der Waals surface area contributed by atoms with Crippen molar-refractivity contribution in [3.8, 4) is 0 Å². The maximum absolute atomic E-state index is 13.3. The molecule has 0 radical (unpaired) electrons. The van der Waals surface area contributed by atoms with Crippen LogP contribution in [-0.2, 0) is 17.9 Å². The van der Waals surface area contributed by atoms with Crippen molar-refractivity contribution < 1.29 is 9.90 Å². The Morgan fingerprint density at radius 2 is 1.87 bits per heavy atom. The molecule has 0 saturated carbocycles. The number of likely N-dealkylation sites (N-methyl/N-ethyl adjacent to an activating group) is 1. The minimum Gasteiger partial charge on any atom is -0.395 e.